The van der Waals surface area contributed by atoms with Gasteiger partial charge in [-0.25, -0.2) is 4.79 Å². The Bertz CT molecular complexity index is 677. The van der Waals surface area contributed by atoms with Crippen molar-refractivity contribution in [1.82, 2.24) is 4.90 Å². The Balaban J connectivity index is 2.45. The maximum Gasteiger partial charge on any atom is 0.410 e. The smallest absolute Gasteiger partial charge is 0.410 e. The fourth-order valence-corrected chi connectivity index (χ4v) is 3.36. The fourth-order valence-electron chi connectivity index (χ4n) is 3.36. The van der Waals surface area contributed by atoms with Crippen LogP contribution in [0.15, 0.2) is 11.6 Å². The van der Waals surface area contributed by atoms with Gasteiger partial charge in [0.15, 0.2) is 5.41 Å². The Morgan fingerprint density at radius 3 is 2.65 bits per heavy atom. The van der Waals surface area contributed by atoms with Crippen molar-refractivity contribution < 1.29 is 9.53 Å². The molecule has 1 aliphatic heterocycles. The molecule has 1 aliphatic carbocycles. The highest BCUT2D eigenvalue weighted by Gasteiger charge is 2.55. The van der Waals surface area contributed by atoms with Crippen LogP contribution in [-0.2, 0) is 4.74 Å². The highest BCUT2D eigenvalue weighted by Crippen LogP contribution is 2.48. The molecule has 7 heteroatoms. The zero-order valence-electron chi connectivity index (χ0n) is 13.0. The average molecular weight is 311 g/mol. The van der Waals surface area contributed by atoms with E-state index in [0.29, 0.717) is 6.54 Å². The number of hydrogen-bond donors (Lipinski definition) is 1. The summed E-state index contributed by atoms with van der Waals surface area (Å²) in [6, 6.07) is 5.91. The first-order valence-electron chi connectivity index (χ1n) is 7.39. The zero-order valence-corrected chi connectivity index (χ0v) is 13.0. The lowest BCUT2D eigenvalue weighted by atomic mass is 9.56. The minimum atomic E-state index is -1.64. The van der Waals surface area contributed by atoms with Crippen LogP contribution in [0, 0.1) is 62.6 Å². The maximum atomic E-state index is 11.9. The molecule has 0 spiro atoms. The quantitative estimate of drug-likeness (QED) is 0.740. The molecule has 0 radical (unpaired) electrons. The third-order valence-electron chi connectivity index (χ3n) is 4.73. The van der Waals surface area contributed by atoms with Crippen LogP contribution in [-0.4, -0.2) is 36.4 Å². The first-order valence-corrected chi connectivity index (χ1v) is 7.39. The minimum absolute atomic E-state index is 0.162. The van der Waals surface area contributed by atoms with Crippen LogP contribution < -0.4 is 0 Å². The van der Waals surface area contributed by atoms with Crippen LogP contribution in [0.2, 0.25) is 0 Å². The lowest BCUT2D eigenvalue weighted by molar-refractivity contribution is 0.0953. The molecule has 1 unspecified atom stereocenters. The van der Waals surface area contributed by atoms with E-state index in [0.717, 1.165) is 5.57 Å². The lowest BCUT2D eigenvalue weighted by Crippen LogP contribution is -2.53. The number of amides is 1. The highest BCUT2D eigenvalue weighted by atomic mass is 16.6. The summed E-state index contributed by atoms with van der Waals surface area (Å²) in [4.78, 5) is 13.4. The van der Waals surface area contributed by atoms with Crippen molar-refractivity contribution in [2.45, 2.75) is 13.8 Å². The molecule has 2 rings (SSSR count). The second kappa shape index (κ2) is 6.10. The number of ether oxygens (including phenoxy) is 1. The predicted molar refractivity (Wildman–Crippen MR) is 79.8 cm³/mol. The van der Waals surface area contributed by atoms with Gasteiger partial charge >= 0.3 is 6.09 Å². The Hall–Kier alpha value is -2.85. The van der Waals surface area contributed by atoms with Gasteiger partial charge in [-0.05, 0) is 12.5 Å². The van der Waals surface area contributed by atoms with Crippen LogP contribution in [0.25, 0.3) is 0 Å². The molecule has 1 N–H and O–H groups in total. The van der Waals surface area contributed by atoms with Gasteiger partial charge in [0.25, 0.3) is 0 Å². The largest absolute Gasteiger partial charge is 0.450 e. The van der Waals surface area contributed by atoms with Gasteiger partial charge in [0.1, 0.15) is 5.92 Å². The second-order valence-electron chi connectivity index (χ2n) is 5.71. The Morgan fingerprint density at radius 2 is 2.13 bits per heavy atom. The van der Waals surface area contributed by atoms with Crippen molar-refractivity contribution in [3.8, 4) is 18.2 Å². The van der Waals surface area contributed by atoms with Crippen LogP contribution in [0.4, 0.5) is 4.79 Å². The summed E-state index contributed by atoms with van der Waals surface area (Å²) in [5.41, 5.74) is -1.07. The van der Waals surface area contributed by atoms with E-state index in [1.807, 2.05) is 18.2 Å². The van der Waals surface area contributed by atoms with E-state index in [1.165, 1.54) is 4.90 Å². The predicted octanol–water partition coefficient (Wildman–Crippen LogP) is 1.84. The minimum Gasteiger partial charge on any atom is -0.450 e. The third-order valence-corrected chi connectivity index (χ3v) is 4.73. The third kappa shape index (κ3) is 2.33. The topological polar surface area (TPSA) is 125 Å². The van der Waals surface area contributed by atoms with E-state index in [2.05, 4.69) is 0 Å². The molecule has 118 valence electrons. The summed E-state index contributed by atoms with van der Waals surface area (Å²) in [6.45, 7) is 4.28. The number of nitrogens with one attached hydrogen (secondary N) is 1. The van der Waals surface area contributed by atoms with Crippen molar-refractivity contribution in [2.75, 3.05) is 19.7 Å². The zero-order chi connectivity index (χ0) is 17.2. The summed E-state index contributed by atoms with van der Waals surface area (Å²) in [5.74, 6) is -1.69. The Kier molecular flexibility index (Phi) is 4.38. The monoisotopic (exact) mass is 311 g/mol. The van der Waals surface area contributed by atoms with E-state index in [-0.39, 0.29) is 24.8 Å². The van der Waals surface area contributed by atoms with Gasteiger partial charge < -0.3 is 15.0 Å². The summed E-state index contributed by atoms with van der Waals surface area (Å²) in [6.07, 6.45) is 1.30. The average Bonchev–Trinajstić information content (AvgIpc) is 2.56. The number of nitriles is 3. The number of rotatable bonds is 1. The molecule has 23 heavy (non-hydrogen) atoms. The van der Waals surface area contributed by atoms with E-state index >= 15 is 0 Å². The SMILES string of the molecule is CCOC(=O)N1CC=C2C(C#N)C(=N)C(C#N)(C#N)[C@H](C)[C@@H]2C1. The maximum absolute atomic E-state index is 11.9. The number of carbonyl (C=O) groups excluding carboxylic acids is 1. The van der Waals surface area contributed by atoms with Crippen LogP contribution >= 0.6 is 0 Å². The summed E-state index contributed by atoms with van der Waals surface area (Å²) in [7, 11) is 0. The van der Waals surface area contributed by atoms with E-state index < -0.39 is 23.3 Å². The number of fused-ring (bicyclic) bond motifs is 1. The van der Waals surface area contributed by atoms with Crippen molar-refractivity contribution in [2.24, 2.45) is 23.2 Å². The van der Waals surface area contributed by atoms with Gasteiger partial charge in [0.2, 0.25) is 0 Å². The molecule has 1 fully saturated rings. The van der Waals surface area contributed by atoms with Crippen molar-refractivity contribution in [1.29, 1.82) is 21.2 Å². The molecule has 0 aromatic heterocycles. The van der Waals surface area contributed by atoms with Gasteiger partial charge in [0, 0.05) is 24.9 Å². The van der Waals surface area contributed by atoms with Gasteiger partial charge in [-0.3, -0.25) is 0 Å². The lowest BCUT2D eigenvalue weighted by Gasteiger charge is -2.45. The summed E-state index contributed by atoms with van der Waals surface area (Å²) in [5, 5.41) is 36.6. The molecule has 7 nitrogen and oxygen atoms in total. The molecule has 0 aromatic rings. The molecule has 3 atom stereocenters. The van der Waals surface area contributed by atoms with Gasteiger partial charge in [0.05, 0.1) is 30.5 Å². The normalized spacial score (nSPS) is 28.5. The van der Waals surface area contributed by atoms with Crippen LogP contribution in [0.1, 0.15) is 13.8 Å². The van der Waals surface area contributed by atoms with E-state index in [1.54, 1.807) is 19.9 Å². The van der Waals surface area contributed by atoms with Crippen molar-refractivity contribution in [3.05, 3.63) is 11.6 Å². The molecular weight excluding hydrogens is 294 g/mol. The number of nitrogens with zero attached hydrogens (tertiary/aromatic N) is 4. The van der Waals surface area contributed by atoms with Crippen molar-refractivity contribution in [3.63, 3.8) is 0 Å². The number of carbonyl (C=O) groups is 1. The van der Waals surface area contributed by atoms with Gasteiger partial charge in [-0.15, -0.1) is 0 Å². The Morgan fingerprint density at radius 1 is 1.48 bits per heavy atom. The number of hydrogen-bond acceptors (Lipinski definition) is 6. The molecule has 2 aliphatic rings. The fraction of sp³-hybridized carbons (Fsp3) is 0.562. The molecular formula is C16H17N5O2. The molecule has 0 bridgehead atoms. The first-order chi connectivity index (χ1) is 11.0. The Labute approximate surface area is 134 Å². The first kappa shape index (κ1) is 16.5. The summed E-state index contributed by atoms with van der Waals surface area (Å²) < 4.78 is 5.00. The van der Waals surface area contributed by atoms with Crippen LogP contribution in [0.3, 0.4) is 0 Å². The molecule has 1 amide bonds. The molecule has 1 heterocycles. The highest BCUT2D eigenvalue weighted by molar-refractivity contribution is 6.00. The molecule has 0 aromatic carbocycles. The molecule has 1 saturated carbocycles. The molecule has 0 saturated heterocycles. The van der Waals surface area contributed by atoms with E-state index in [9.17, 15) is 20.6 Å². The second-order valence-corrected chi connectivity index (χ2v) is 5.71. The van der Waals surface area contributed by atoms with Crippen molar-refractivity contribution >= 4 is 11.8 Å². The van der Waals surface area contributed by atoms with Gasteiger partial charge in [-0.2, -0.15) is 15.8 Å². The van der Waals surface area contributed by atoms with Crippen LogP contribution in [0.5, 0.6) is 0 Å². The summed E-state index contributed by atoms with van der Waals surface area (Å²) >= 11 is 0. The van der Waals surface area contributed by atoms with E-state index in [4.69, 9.17) is 10.1 Å². The van der Waals surface area contributed by atoms with Gasteiger partial charge in [-0.1, -0.05) is 13.0 Å². The standard InChI is InChI=1S/C16H17N5O2/c1-3-23-15(22)21-5-4-11-12(6-17)14(20)16(8-18,9-19)10(2)13(11)7-21/h4,10,12-13,20H,3,5,7H2,1-2H3/t10-,12?,13+/m1/s1.